The maximum absolute atomic E-state index is 11.8. The number of anilines is 2. The topological polar surface area (TPSA) is 107 Å². The predicted octanol–water partition coefficient (Wildman–Crippen LogP) is 1.82. The molecule has 1 amide bonds. The summed E-state index contributed by atoms with van der Waals surface area (Å²) in [5.74, 6) is -1.37. The number of amides is 1. The van der Waals surface area contributed by atoms with Crippen molar-refractivity contribution in [3.05, 3.63) is 46.9 Å². The number of nitrogens with zero attached hydrogens (tertiary/aromatic N) is 2. The van der Waals surface area contributed by atoms with E-state index in [1.165, 1.54) is 12.4 Å². The Balaban J connectivity index is 1.94. The minimum absolute atomic E-state index is 0.0569. The number of hydrogen-bond donors (Lipinski definition) is 2. The molecule has 1 aromatic carbocycles. The molecule has 0 unspecified atom stereocenters. The van der Waals surface area contributed by atoms with Crippen molar-refractivity contribution in [3.63, 3.8) is 0 Å². The Labute approximate surface area is 131 Å². The highest BCUT2D eigenvalue weighted by Gasteiger charge is 2.15. The number of benzene rings is 1. The fourth-order valence-electron chi connectivity index (χ4n) is 1.62. The van der Waals surface area contributed by atoms with Crippen molar-refractivity contribution in [1.29, 1.82) is 0 Å². The molecule has 0 aliphatic rings. The summed E-state index contributed by atoms with van der Waals surface area (Å²) in [7, 11) is 0. The van der Waals surface area contributed by atoms with Gasteiger partial charge in [-0.1, -0.05) is 17.7 Å². The molecule has 2 aromatic rings. The standard InChI is InChI=1S/C14H13ClN4O3/c1-8-2-3-9(15)6-10(8)19-11(20)7-22-14(21)12-13(16)18-5-4-17-12/h2-6H,7H2,1H3,(H2,16,18)(H,19,20). The van der Waals surface area contributed by atoms with Crippen LogP contribution in [0.2, 0.25) is 5.02 Å². The molecule has 0 aliphatic carbocycles. The highest BCUT2D eigenvalue weighted by molar-refractivity contribution is 6.31. The van der Waals surface area contributed by atoms with Crippen molar-refractivity contribution < 1.29 is 14.3 Å². The van der Waals surface area contributed by atoms with Crippen LogP contribution in [0.4, 0.5) is 11.5 Å². The normalized spacial score (nSPS) is 10.1. The third-order valence-electron chi connectivity index (χ3n) is 2.73. The number of carbonyl (C=O) groups is 2. The lowest BCUT2D eigenvalue weighted by Gasteiger charge is -2.09. The number of rotatable bonds is 4. The van der Waals surface area contributed by atoms with E-state index in [-0.39, 0.29) is 11.5 Å². The minimum Gasteiger partial charge on any atom is -0.451 e. The lowest BCUT2D eigenvalue weighted by Crippen LogP contribution is -2.22. The van der Waals surface area contributed by atoms with E-state index in [1.807, 2.05) is 6.92 Å². The van der Waals surface area contributed by atoms with Crippen LogP contribution >= 0.6 is 11.6 Å². The van der Waals surface area contributed by atoms with Crippen LogP contribution in [0, 0.1) is 6.92 Å². The van der Waals surface area contributed by atoms with Gasteiger partial charge in [-0.2, -0.15) is 0 Å². The van der Waals surface area contributed by atoms with E-state index in [0.29, 0.717) is 10.7 Å². The minimum atomic E-state index is -0.816. The van der Waals surface area contributed by atoms with Crippen LogP contribution in [0.25, 0.3) is 0 Å². The zero-order valence-electron chi connectivity index (χ0n) is 11.7. The molecule has 0 aliphatic heterocycles. The van der Waals surface area contributed by atoms with Crippen LogP contribution in [-0.4, -0.2) is 28.5 Å². The lowest BCUT2D eigenvalue weighted by atomic mass is 10.2. The average molecular weight is 321 g/mol. The molecule has 0 spiro atoms. The molecule has 114 valence electrons. The molecule has 22 heavy (non-hydrogen) atoms. The highest BCUT2D eigenvalue weighted by atomic mass is 35.5. The quantitative estimate of drug-likeness (QED) is 0.832. The second kappa shape index (κ2) is 6.86. The zero-order chi connectivity index (χ0) is 16.1. The summed E-state index contributed by atoms with van der Waals surface area (Å²) in [6.07, 6.45) is 2.66. The van der Waals surface area contributed by atoms with Crippen LogP contribution in [0.3, 0.4) is 0 Å². The molecular weight excluding hydrogens is 308 g/mol. The van der Waals surface area contributed by atoms with Gasteiger partial charge in [0.1, 0.15) is 0 Å². The fourth-order valence-corrected chi connectivity index (χ4v) is 1.79. The molecular formula is C14H13ClN4O3. The molecule has 0 bridgehead atoms. The third kappa shape index (κ3) is 3.92. The van der Waals surface area contributed by atoms with Crippen molar-refractivity contribution >= 4 is 35.0 Å². The molecule has 1 heterocycles. The second-order valence-electron chi connectivity index (χ2n) is 4.37. The molecule has 0 saturated carbocycles. The van der Waals surface area contributed by atoms with Crippen LogP contribution < -0.4 is 11.1 Å². The summed E-state index contributed by atoms with van der Waals surface area (Å²) in [6, 6.07) is 5.09. The van der Waals surface area contributed by atoms with E-state index in [1.54, 1.807) is 18.2 Å². The van der Waals surface area contributed by atoms with Crippen molar-refractivity contribution in [2.75, 3.05) is 17.7 Å². The van der Waals surface area contributed by atoms with Gasteiger partial charge in [-0.25, -0.2) is 14.8 Å². The predicted molar refractivity (Wildman–Crippen MR) is 81.5 cm³/mol. The monoisotopic (exact) mass is 320 g/mol. The van der Waals surface area contributed by atoms with Crippen LogP contribution in [0.1, 0.15) is 16.1 Å². The highest BCUT2D eigenvalue weighted by Crippen LogP contribution is 2.20. The number of nitrogens with one attached hydrogen (secondary N) is 1. The van der Waals surface area contributed by atoms with Gasteiger partial charge in [-0.05, 0) is 24.6 Å². The van der Waals surface area contributed by atoms with Gasteiger partial charge in [0.15, 0.2) is 18.1 Å². The second-order valence-corrected chi connectivity index (χ2v) is 4.81. The Morgan fingerprint density at radius 2 is 2.05 bits per heavy atom. The van der Waals surface area contributed by atoms with E-state index < -0.39 is 18.5 Å². The Morgan fingerprint density at radius 3 is 2.77 bits per heavy atom. The first-order valence-electron chi connectivity index (χ1n) is 6.27. The van der Waals surface area contributed by atoms with Crippen molar-refractivity contribution in [2.45, 2.75) is 6.92 Å². The number of nitrogen functional groups attached to an aromatic ring is 1. The Morgan fingerprint density at radius 1 is 1.32 bits per heavy atom. The number of hydrogen-bond acceptors (Lipinski definition) is 6. The lowest BCUT2D eigenvalue weighted by molar-refractivity contribution is -0.119. The zero-order valence-corrected chi connectivity index (χ0v) is 12.4. The van der Waals surface area contributed by atoms with Gasteiger partial charge in [0.25, 0.3) is 5.91 Å². The number of nitrogens with two attached hydrogens (primary N) is 1. The van der Waals surface area contributed by atoms with Crippen LogP contribution in [0.5, 0.6) is 0 Å². The van der Waals surface area contributed by atoms with Gasteiger partial charge < -0.3 is 15.8 Å². The summed E-state index contributed by atoms with van der Waals surface area (Å²) in [5.41, 5.74) is 6.75. The number of esters is 1. The summed E-state index contributed by atoms with van der Waals surface area (Å²) < 4.78 is 4.85. The number of aromatic nitrogens is 2. The summed E-state index contributed by atoms with van der Waals surface area (Å²) in [5, 5.41) is 3.10. The first-order chi connectivity index (χ1) is 10.5. The van der Waals surface area contributed by atoms with Gasteiger partial charge in [0.05, 0.1) is 0 Å². The Bertz CT molecular complexity index is 721. The molecule has 2 rings (SSSR count). The van der Waals surface area contributed by atoms with Crippen molar-refractivity contribution in [2.24, 2.45) is 0 Å². The molecule has 0 saturated heterocycles. The first kappa shape index (κ1) is 15.7. The van der Waals surface area contributed by atoms with Crippen molar-refractivity contribution in [3.8, 4) is 0 Å². The Kier molecular flexibility index (Phi) is 4.90. The summed E-state index contributed by atoms with van der Waals surface area (Å²) >= 11 is 5.86. The average Bonchev–Trinajstić information content (AvgIpc) is 2.49. The van der Waals surface area contributed by atoms with E-state index in [9.17, 15) is 9.59 Å². The number of halogens is 1. The maximum atomic E-state index is 11.8. The number of ether oxygens (including phenoxy) is 1. The molecule has 3 N–H and O–H groups in total. The number of carbonyl (C=O) groups excluding carboxylic acids is 2. The number of aryl methyl sites for hydroxylation is 1. The molecule has 0 radical (unpaired) electrons. The first-order valence-corrected chi connectivity index (χ1v) is 6.65. The van der Waals surface area contributed by atoms with Gasteiger partial charge in [0.2, 0.25) is 0 Å². The molecule has 1 aromatic heterocycles. The Hall–Kier alpha value is -2.67. The summed E-state index contributed by atoms with van der Waals surface area (Å²) in [4.78, 5) is 31.0. The van der Waals surface area contributed by atoms with Gasteiger partial charge >= 0.3 is 5.97 Å². The third-order valence-corrected chi connectivity index (χ3v) is 2.96. The maximum Gasteiger partial charge on any atom is 0.361 e. The summed E-state index contributed by atoms with van der Waals surface area (Å²) in [6.45, 7) is 1.35. The van der Waals surface area contributed by atoms with E-state index in [0.717, 1.165) is 5.56 Å². The molecule has 7 nitrogen and oxygen atoms in total. The van der Waals surface area contributed by atoms with Gasteiger partial charge in [-0.3, -0.25) is 4.79 Å². The van der Waals surface area contributed by atoms with E-state index in [2.05, 4.69) is 15.3 Å². The van der Waals surface area contributed by atoms with E-state index in [4.69, 9.17) is 22.1 Å². The largest absolute Gasteiger partial charge is 0.451 e. The smallest absolute Gasteiger partial charge is 0.361 e. The van der Waals surface area contributed by atoms with Gasteiger partial charge in [0, 0.05) is 23.1 Å². The molecule has 8 heteroatoms. The SMILES string of the molecule is Cc1ccc(Cl)cc1NC(=O)COC(=O)c1nccnc1N. The molecule has 0 fully saturated rings. The van der Waals surface area contributed by atoms with Gasteiger partial charge in [-0.15, -0.1) is 0 Å². The molecule has 0 atom stereocenters. The van der Waals surface area contributed by atoms with Crippen LogP contribution in [0.15, 0.2) is 30.6 Å². The van der Waals surface area contributed by atoms with Crippen molar-refractivity contribution in [1.82, 2.24) is 9.97 Å². The fraction of sp³-hybridized carbons (Fsp3) is 0.143. The van der Waals surface area contributed by atoms with Crippen LogP contribution in [-0.2, 0) is 9.53 Å². The van der Waals surface area contributed by atoms with E-state index >= 15 is 0 Å².